The molecular formula is C22H24N4O4S2. The summed E-state index contributed by atoms with van der Waals surface area (Å²) in [7, 11) is 0. The van der Waals surface area contributed by atoms with Gasteiger partial charge in [-0.1, -0.05) is 12.1 Å². The van der Waals surface area contributed by atoms with E-state index in [1.807, 2.05) is 30.3 Å². The summed E-state index contributed by atoms with van der Waals surface area (Å²) in [5, 5.41) is 3.27. The lowest BCUT2D eigenvalue weighted by atomic mass is 9.98. The molecule has 2 fully saturated rings. The molecule has 0 radical (unpaired) electrons. The van der Waals surface area contributed by atoms with Crippen LogP contribution in [0, 0.1) is 0 Å². The molecule has 5 rings (SSSR count). The Morgan fingerprint density at radius 2 is 1.78 bits per heavy atom. The lowest BCUT2D eigenvalue weighted by Crippen LogP contribution is -2.34. The van der Waals surface area contributed by atoms with Crippen LogP contribution < -0.4 is 9.64 Å². The highest BCUT2D eigenvalue weighted by Crippen LogP contribution is 2.31. The smallest absolute Gasteiger partial charge is 0.304 e. The number of nitrogens with zero attached hydrogens (tertiary/aromatic N) is 4. The SMILES string of the molecule is O=[S@]1OC[C@H](c2ccc(OCc3csc(C4CCN(c5ncccn5)CC4)n3)cc2)CO1. The molecule has 2 aliphatic rings. The van der Waals surface area contributed by atoms with Crippen molar-refractivity contribution in [2.45, 2.75) is 31.3 Å². The fourth-order valence-electron chi connectivity index (χ4n) is 3.90. The van der Waals surface area contributed by atoms with Gasteiger partial charge in [-0.25, -0.2) is 15.0 Å². The molecule has 0 aliphatic carbocycles. The van der Waals surface area contributed by atoms with Crippen LogP contribution in [0.15, 0.2) is 48.1 Å². The fourth-order valence-corrected chi connectivity index (χ4v) is 5.50. The average molecular weight is 473 g/mol. The summed E-state index contributed by atoms with van der Waals surface area (Å²) >= 11 is 0.103. The molecule has 2 aromatic heterocycles. The van der Waals surface area contributed by atoms with Gasteiger partial charge < -0.3 is 9.64 Å². The molecule has 10 heteroatoms. The van der Waals surface area contributed by atoms with E-state index < -0.39 is 11.4 Å². The Labute approximate surface area is 193 Å². The van der Waals surface area contributed by atoms with Crippen LogP contribution in [-0.4, -0.2) is 45.5 Å². The molecule has 4 heterocycles. The predicted octanol–water partition coefficient (Wildman–Crippen LogP) is 3.61. The Morgan fingerprint density at radius 3 is 2.50 bits per heavy atom. The van der Waals surface area contributed by atoms with Crippen molar-refractivity contribution < 1.29 is 17.3 Å². The van der Waals surface area contributed by atoms with Crippen molar-refractivity contribution in [1.29, 1.82) is 0 Å². The number of rotatable bonds is 6. The van der Waals surface area contributed by atoms with Crippen molar-refractivity contribution in [3.8, 4) is 5.75 Å². The fraction of sp³-hybridized carbons (Fsp3) is 0.409. The first-order chi connectivity index (χ1) is 15.7. The maximum Gasteiger partial charge on any atom is 0.304 e. The molecule has 0 N–H and O–H groups in total. The largest absolute Gasteiger partial charge is 0.487 e. The molecule has 3 aromatic rings. The predicted molar refractivity (Wildman–Crippen MR) is 122 cm³/mol. The topological polar surface area (TPSA) is 86.7 Å². The molecule has 0 amide bonds. The number of aromatic nitrogens is 3. The van der Waals surface area contributed by atoms with E-state index in [-0.39, 0.29) is 5.92 Å². The summed E-state index contributed by atoms with van der Waals surface area (Å²) in [6.07, 6.45) is 5.68. The van der Waals surface area contributed by atoms with Crippen LogP contribution in [0.25, 0.3) is 0 Å². The molecule has 0 unspecified atom stereocenters. The van der Waals surface area contributed by atoms with Crippen LogP contribution in [0.4, 0.5) is 5.95 Å². The highest BCUT2D eigenvalue weighted by atomic mass is 32.2. The van der Waals surface area contributed by atoms with Gasteiger partial charge in [-0.05, 0) is 36.6 Å². The lowest BCUT2D eigenvalue weighted by molar-refractivity contribution is 0.160. The first kappa shape index (κ1) is 21.4. The lowest BCUT2D eigenvalue weighted by Gasteiger charge is -2.30. The van der Waals surface area contributed by atoms with Gasteiger partial charge in [-0.15, -0.1) is 11.3 Å². The second kappa shape index (κ2) is 10.0. The van der Waals surface area contributed by atoms with Gasteiger partial charge >= 0.3 is 11.4 Å². The molecule has 0 spiro atoms. The Kier molecular flexibility index (Phi) is 6.72. The number of thiazole rings is 1. The van der Waals surface area contributed by atoms with Crippen molar-refractivity contribution >= 4 is 28.6 Å². The van der Waals surface area contributed by atoms with Gasteiger partial charge in [0.25, 0.3) is 0 Å². The highest BCUT2D eigenvalue weighted by molar-refractivity contribution is 7.75. The minimum absolute atomic E-state index is 0.0859. The van der Waals surface area contributed by atoms with Crippen molar-refractivity contribution in [1.82, 2.24) is 15.0 Å². The second-order valence-corrected chi connectivity index (χ2v) is 9.58. The van der Waals surface area contributed by atoms with Crippen LogP contribution in [0.2, 0.25) is 0 Å². The van der Waals surface area contributed by atoms with Gasteiger partial charge in [0, 0.05) is 42.7 Å². The van der Waals surface area contributed by atoms with Crippen LogP contribution in [-0.2, 0) is 26.3 Å². The average Bonchev–Trinajstić information content (AvgIpc) is 3.33. The molecule has 32 heavy (non-hydrogen) atoms. The minimum atomic E-state index is -1.61. The van der Waals surface area contributed by atoms with Crippen LogP contribution in [0.3, 0.4) is 0 Å². The van der Waals surface area contributed by atoms with Gasteiger partial charge in [0.1, 0.15) is 12.4 Å². The van der Waals surface area contributed by atoms with E-state index in [9.17, 15) is 4.21 Å². The van der Waals surface area contributed by atoms with Gasteiger partial charge in [0.2, 0.25) is 5.95 Å². The first-order valence-corrected chi connectivity index (χ1v) is 12.5. The monoisotopic (exact) mass is 472 g/mol. The minimum Gasteiger partial charge on any atom is -0.487 e. The Morgan fingerprint density at radius 1 is 1.06 bits per heavy atom. The highest BCUT2D eigenvalue weighted by Gasteiger charge is 2.24. The van der Waals surface area contributed by atoms with Crippen molar-refractivity contribution in [3.05, 3.63) is 64.4 Å². The number of piperidine rings is 1. The zero-order chi connectivity index (χ0) is 21.8. The molecule has 2 aliphatic heterocycles. The van der Waals surface area contributed by atoms with Crippen LogP contribution in [0.1, 0.15) is 40.9 Å². The van der Waals surface area contributed by atoms with E-state index in [2.05, 4.69) is 20.2 Å². The van der Waals surface area contributed by atoms with Crippen molar-refractivity contribution in [2.75, 3.05) is 31.2 Å². The molecule has 0 atom stereocenters. The van der Waals surface area contributed by atoms with Gasteiger partial charge in [-0.3, -0.25) is 8.37 Å². The first-order valence-electron chi connectivity index (χ1n) is 10.6. The third-order valence-electron chi connectivity index (χ3n) is 5.72. The van der Waals surface area contributed by atoms with E-state index in [1.54, 1.807) is 23.7 Å². The Hall–Kier alpha value is -2.40. The number of benzene rings is 1. The van der Waals surface area contributed by atoms with Gasteiger partial charge in [0.05, 0.1) is 23.9 Å². The van der Waals surface area contributed by atoms with Crippen molar-refractivity contribution in [2.24, 2.45) is 0 Å². The van der Waals surface area contributed by atoms with Gasteiger partial charge in [0.15, 0.2) is 0 Å². The van der Waals surface area contributed by atoms with Crippen LogP contribution in [0.5, 0.6) is 5.75 Å². The normalized spacial score (nSPS) is 22.1. The van der Waals surface area contributed by atoms with Crippen LogP contribution >= 0.6 is 11.3 Å². The van der Waals surface area contributed by atoms with E-state index >= 15 is 0 Å². The second-order valence-electron chi connectivity index (χ2n) is 7.81. The number of hydrogen-bond acceptors (Lipinski definition) is 9. The molecule has 2 saturated heterocycles. The maximum absolute atomic E-state index is 11.1. The Bertz CT molecular complexity index is 1030. The summed E-state index contributed by atoms with van der Waals surface area (Å²) in [6, 6.07) is 9.72. The number of ether oxygens (including phenoxy) is 1. The third kappa shape index (κ3) is 5.15. The van der Waals surface area contributed by atoms with Crippen molar-refractivity contribution in [3.63, 3.8) is 0 Å². The van der Waals surface area contributed by atoms with E-state index in [4.69, 9.17) is 18.1 Å². The molecule has 0 bridgehead atoms. The summed E-state index contributed by atoms with van der Waals surface area (Å²) in [5.74, 6) is 2.16. The summed E-state index contributed by atoms with van der Waals surface area (Å²) in [6.45, 7) is 3.12. The molecule has 1 aromatic carbocycles. The van der Waals surface area contributed by atoms with E-state index in [1.165, 1.54) is 5.01 Å². The van der Waals surface area contributed by atoms with E-state index in [0.29, 0.717) is 25.7 Å². The molecular weight excluding hydrogens is 448 g/mol. The quantitative estimate of drug-likeness (QED) is 0.538. The Balaban J connectivity index is 1.11. The zero-order valence-electron chi connectivity index (χ0n) is 17.5. The molecule has 8 nitrogen and oxygen atoms in total. The maximum atomic E-state index is 11.1. The molecule has 0 saturated carbocycles. The summed E-state index contributed by atoms with van der Waals surface area (Å²) < 4.78 is 27.2. The summed E-state index contributed by atoms with van der Waals surface area (Å²) in [4.78, 5) is 15.8. The number of anilines is 1. The standard InChI is InChI=1S/C22H24N4O4S2/c27-32-29-12-18(13-30-32)16-2-4-20(5-3-16)28-14-19-15-31-21(25-19)17-6-10-26(11-7-17)22-23-8-1-9-24-22/h1-5,8-9,15,17-18H,6-7,10-14H2/t18-,32-. The third-order valence-corrected chi connectivity index (χ3v) is 7.43. The zero-order valence-corrected chi connectivity index (χ0v) is 19.1. The van der Waals surface area contributed by atoms with Gasteiger partial charge in [-0.2, -0.15) is 4.21 Å². The summed E-state index contributed by atoms with van der Waals surface area (Å²) in [5.41, 5.74) is 2.04. The molecule has 168 valence electrons. The van der Waals surface area contributed by atoms with E-state index in [0.717, 1.165) is 48.9 Å². The number of hydrogen-bond donors (Lipinski definition) is 0.